The largest absolute Gasteiger partial charge is 0.390 e. The Labute approximate surface area is 263 Å². The molecule has 43 heavy (non-hydrogen) atoms. The number of aryl methyl sites for hydroxylation is 1. The Hall–Kier alpha value is -3.70. The van der Waals surface area contributed by atoms with Crippen molar-refractivity contribution in [3.05, 3.63) is 117 Å². The van der Waals surface area contributed by atoms with Gasteiger partial charge in [-0.05, 0) is 56.6 Å². The second-order valence-electron chi connectivity index (χ2n) is 10.8. The molecule has 1 aromatic heterocycles. The molecular formula is C33H39N5O3S2. The van der Waals surface area contributed by atoms with Crippen LogP contribution < -0.4 is 14.9 Å². The molecule has 3 aromatic carbocycles. The molecule has 8 nitrogen and oxygen atoms in total. The summed E-state index contributed by atoms with van der Waals surface area (Å²) in [5.74, 6) is -0.692. The second-order valence-corrected chi connectivity index (χ2v) is 12.4. The number of benzene rings is 3. The summed E-state index contributed by atoms with van der Waals surface area (Å²) in [4.78, 5) is 33.5. The minimum atomic E-state index is -0.861. The van der Waals surface area contributed by atoms with E-state index in [-0.39, 0.29) is 17.9 Å². The molecule has 0 spiro atoms. The van der Waals surface area contributed by atoms with E-state index in [2.05, 4.69) is 28.4 Å². The molecule has 0 radical (unpaired) electrons. The van der Waals surface area contributed by atoms with Gasteiger partial charge in [-0.25, -0.2) is 4.98 Å². The lowest BCUT2D eigenvalue weighted by Gasteiger charge is -2.28. The number of carbonyl (C=O) groups excluding carboxylic acids is 2. The van der Waals surface area contributed by atoms with Crippen molar-refractivity contribution in [3.8, 4) is 0 Å². The molecule has 3 unspecified atom stereocenters. The van der Waals surface area contributed by atoms with Crippen LogP contribution in [-0.2, 0) is 13.0 Å². The minimum absolute atomic E-state index is 0.223. The lowest BCUT2D eigenvalue weighted by Crippen LogP contribution is -2.49. The summed E-state index contributed by atoms with van der Waals surface area (Å²) < 4.78 is 1.56. The standard InChI is InChI=1S/C33H39N5O3S2/c1-22-21-43-31(34-22)20-37(3)19-30(39)29(15-24-11-7-5-8-12-24)36-33(41)27-16-26(17-28(18-27)38(4)42)32(40)35-23(2)25-13-9-6-10-14-25/h5-14,16-18,21,23,29-30,39,42H,15,19-20H2,1-4H3,(H,35,40)(H,36,41). The van der Waals surface area contributed by atoms with Crippen LogP contribution in [0.2, 0.25) is 0 Å². The van der Waals surface area contributed by atoms with Gasteiger partial charge in [0.1, 0.15) is 5.01 Å². The van der Waals surface area contributed by atoms with E-state index < -0.39 is 12.1 Å². The van der Waals surface area contributed by atoms with Crippen LogP contribution in [0.1, 0.15) is 55.5 Å². The van der Waals surface area contributed by atoms with Gasteiger partial charge in [0, 0.05) is 41.5 Å². The highest BCUT2D eigenvalue weighted by Crippen LogP contribution is 2.22. The molecule has 4 rings (SSSR count). The Kier molecular flexibility index (Phi) is 11.4. The highest BCUT2D eigenvalue weighted by molar-refractivity contribution is 7.81. The highest BCUT2D eigenvalue weighted by Gasteiger charge is 2.25. The summed E-state index contributed by atoms with van der Waals surface area (Å²) in [6.45, 7) is 4.80. The first-order valence-electron chi connectivity index (χ1n) is 14.1. The maximum Gasteiger partial charge on any atom is 0.251 e. The predicted molar refractivity (Wildman–Crippen MR) is 177 cm³/mol. The fourth-order valence-corrected chi connectivity index (χ4v) is 5.75. The number of amides is 2. The van der Waals surface area contributed by atoms with E-state index in [1.54, 1.807) is 40.9 Å². The SMILES string of the molecule is Cc1csc(CN(C)CC(O)C(Cc2ccccc2)NC(=O)c2cc(C(=O)NC(C)c3ccccc3)cc(N(C)S)c2)n1. The van der Waals surface area contributed by atoms with E-state index in [1.807, 2.05) is 91.8 Å². The quantitative estimate of drug-likeness (QED) is 0.157. The Bertz CT molecular complexity index is 1500. The Morgan fingerprint density at radius 1 is 0.953 bits per heavy atom. The van der Waals surface area contributed by atoms with Crippen molar-refractivity contribution in [1.82, 2.24) is 20.5 Å². The number of nitrogens with one attached hydrogen (secondary N) is 2. The van der Waals surface area contributed by atoms with Crippen LogP contribution in [0.25, 0.3) is 0 Å². The third-order valence-electron chi connectivity index (χ3n) is 7.11. The zero-order valence-corrected chi connectivity index (χ0v) is 26.6. The van der Waals surface area contributed by atoms with Crippen molar-refractivity contribution in [2.24, 2.45) is 0 Å². The number of thiol groups is 1. The van der Waals surface area contributed by atoms with Gasteiger partial charge in [-0.1, -0.05) is 73.5 Å². The number of aliphatic hydroxyl groups excluding tert-OH is 1. The van der Waals surface area contributed by atoms with E-state index in [9.17, 15) is 14.7 Å². The van der Waals surface area contributed by atoms with Crippen molar-refractivity contribution in [2.45, 2.75) is 45.0 Å². The summed E-state index contributed by atoms with van der Waals surface area (Å²) in [5.41, 5.74) is 4.16. The monoisotopic (exact) mass is 617 g/mol. The fraction of sp³-hybridized carbons (Fsp3) is 0.303. The number of carbonyl (C=O) groups is 2. The molecule has 0 aliphatic rings. The van der Waals surface area contributed by atoms with E-state index in [0.29, 0.717) is 36.3 Å². The Morgan fingerprint density at radius 3 is 2.14 bits per heavy atom. The first kappa shape index (κ1) is 32.2. The number of hydrogen-bond donors (Lipinski definition) is 4. The van der Waals surface area contributed by atoms with Crippen LogP contribution in [0.15, 0.2) is 84.2 Å². The maximum atomic E-state index is 13.7. The van der Waals surface area contributed by atoms with Crippen molar-refractivity contribution in [2.75, 3.05) is 24.9 Å². The van der Waals surface area contributed by atoms with E-state index >= 15 is 0 Å². The second kappa shape index (κ2) is 15.2. The van der Waals surface area contributed by atoms with Crippen molar-refractivity contribution in [1.29, 1.82) is 0 Å². The van der Waals surface area contributed by atoms with Gasteiger partial charge in [0.05, 0.1) is 24.7 Å². The van der Waals surface area contributed by atoms with Crippen LogP contribution in [0, 0.1) is 6.92 Å². The number of hydrogen-bond acceptors (Lipinski definition) is 8. The smallest absolute Gasteiger partial charge is 0.251 e. The van der Waals surface area contributed by atoms with Crippen molar-refractivity contribution < 1.29 is 14.7 Å². The van der Waals surface area contributed by atoms with E-state index in [1.165, 1.54) is 0 Å². The minimum Gasteiger partial charge on any atom is -0.390 e. The van der Waals surface area contributed by atoms with Gasteiger partial charge in [0.25, 0.3) is 11.8 Å². The van der Waals surface area contributed by atoms with Gasteiger partial charge in [-0.2, -0.15) is 0 Å². The molecule has 4 aromatic rings. The number of likely N-dealkylation sites (N-methyl/N-ethyl adjacent to an activating group) is 1. The molecule has 0 aliphatic heterocycles. The molecule has 3 N–H and O–H groups in total. The zero-order valence-electron chi connectivity index (χ0n) is 24.9. The average Bonchev–Trinajstić information content (AvgIpc) is 3.41. The zero-order chi connectivity index (χ0) is 30.9. The average molecular weight is 618 g/mol. The number of rotatable bonds is 13. The Morgan fingerprint density at radius 2 is 1.56 bits per heavy atom. The molecule has 0 fully saturated rings. The van der Waals surface area contributed by atoms with Crippen LogP contribution in [-0.4, -0.2) is 59.6 Å². The number of nitrogens with zero attached hydrogens (tertiary/aromatic N) is 3. The summed E-state index contributed by atoms with van der Waals surface area (Å²) in [7, 11) is 3.66. The third kappa shape index (κ3) is 9.39. The molecule has 1 heterocycles. The van der Waals surface area contributed by atoms with Gasteiger partial charge < -0.3 is 20.0 Å². The van der Waals surface area contributed by atoms with E-state index in [0.717, 1.165) is 21.8 Å². The third-order valence-corrected chi connectivity index (χ3v) is 8.30. The highest BCUT2D eigenvalue weighted by atomic mass is 32.1. The topological polar surface area (TPSA) is 97.8 Å². The van der Waals surface area contributed by atoms with Gasteiger partial charge >= 0.3 is 0 Å². The molecule has 2 amide bonds. The first-order valence-corrected chi connectivity index (χ1v) is 15.4. The number of aliphatic hydroxyl groups is 1. The summed E-state index contributed by atoms with van der Waals surface area (Å²) in [6, 6.07) is 23.6. The first-order chi connectivity index (χ1) is 20.6. The van der Waals surface area contributed by atoms with Gasteiger partial charge in [-0.15, -0.1) is 11.3 Å². The molecule has 3 atom stereocenters. The molecular weight excluding hydrogens is 579 g/mol. The fourth-order valence-electron chi connectivity index (χ4n) is 4.79. The van der Waals surface area contributed by atoms with Crippen LogP contribution in [0.4, 0.5) is 5.69 Å². The molecule has 0 saturated carbocycles. The molecule has 0 bridgehead atoms. The van der Waals surface area contributed by atoms with Gasteiger partial charge in [0.2, 0.25) is 0 Å². The molecule has 0 aliphatic carbocycles. The maximum absolute atomic E-state index is 13.7. The molecule has 226 valence electrons. The van der Waals surface area contributed by atoms with E-state index in [4.69, 9.17) is 0 Å². The molecule has 10 heteroatoms. The summed E-state index contributed by atoms with van der Waals surface area (Å²) in [6.07, 6.45) is -0.424. The lowest BCUT2D eigenvalue weighted by molar-refractivity contribution is 0.0713. The van der Waals surface area contributed by atoms with Crippen LogP contribution in [0.3, 0.4) is 0 Å². The van der Waals surface area contributed by atoms with Crippen LogP contribution >= 0.6 is 24.2 Å². The number of aromatic nitrogens is 1. The molecule has 0 saturated heterocycles. The summed E-state index contributed by atoms with van der Waals surface area (Å²) in [5, 5.41) is 20.4. The van der Waals surface area contributed by atoms with Crippen molar-refractivity contribution in [3.63, 3.8) is 0 Å². The summed E-state index contributed by atoms with van der Waals surface area (Å²) >= 11 is 6.00. The van der Waals surface area contributed by atoms with Crippen molar-refractivity contribution >= 4 is 41.7 Å². The Balaban J connectivity index is 1.53. The predicted octanol–water partition coefficient (Wildman–Crippen LogP) is 5.06. The van der Waals surface area contributed by atoms with Crippen LogP contribution in [0.5, 0.6) is 0 Å². The number of anilines is 1. The lowest BCUT2D eigenvalue weighted by atomic mass is 9.99. The van der Waals surface area contributed by atoms with Gasteiger partial charge in [0.15, 0.2) is 0 Å². The number of thiazole rings is 1. The van der Waals surface area contributed by atoms with Gasteiger partial charge in [-0.3, -0.25) is 14.5 Å². The normalized spacial score (nSPS) is 13.3.